The molecule has 1 aromatic rings. The fourth-order valence-electron chi connectivity index (χ4n) is 2.48. The summed E-state index contributed by atoms with van der Waals surface area (Å²) in [6.45, 7) is 0. The Morgan fingerprint density at radius 3 is 2.44 bits per heavy atom. The smallest absolute Gasteiger partial charge is 0.0422 e. The number of pyridine rings is 1. The summed E-state index contributed by atoms with van der Waals surface area (Å²) in [5.74, 6) is 0. The highest BCUT2D eigenvalue weighted by Gasteiger charge is 2.26. The Morgan fingerprint density at radius 1 is 1.19 bits per heavy atom. The molecular weight excluding hydrogens is 264 g/mol. The van der Waals surface area contributed by atoms with Gasteiger partial charge in [-0.1, -0.05) is 25.7 Å². The molecule has 0 atom stereocenters. The highest BCUT2D eigenvalue weighted by molar-refractivity contribution is 9.10. The highest BCUT2D eigenvalue weighted by Crippen LogP contribution is 2.27. The Bertz CT molecular complexity index is 326. The lowest BCUT2D eigenvalue weighted by Crippen LogP contribution is -2.41. The monoisotopic (exact) mass is 282 g/mol. The van der Waals surface area contributed by atoms with Crippen LogP contribution in [0.1, 0.15) is 44.2 Å². The van der Waals surface area contributed by atoms with Gasteiger partial charge in [-0.05, 0) is 40.9 Å². The fourth-order valence-corrected chi connectivity index (χ4v) is 2.72. The number of halogens is 1. The van der Waals surface area contributed by atoms with Crippen molar-refractivity contribution in [2.24, 2.45) is 5.73 Å². The van der Waals surface area contributed by atoms with Gasteiger partial charge in [-0.15, -0.1) is 0 Å². The molecule has 0 unspecified atom stereocenters. The van der Waals surface area contributed by atoms with Gasteiger partial charge in [0.2, 0.25) is 0 Å². The third kappa shape index (κ3) is 3.29. The predicted octanol–water partition coefficient (Wildman–Crippen LogP) is 3.44. The molecule has 0 bridgehead atoms. The van der Waals surface area contributed by atoms with E-state index in [0.717, 1.165) is 29.4 Å². The SMILES string of the molecule is NC1(Cc2ccc(Br)cn2)CCCCCC1. The molecule has 0 aromatic carbocycles. The molecule has 1 fully saturated rings. The standard InChI is InChI=1S/C13H19BrN2/c14-11-5-6-12(16-10-11)9-13(15)7-3-1-2-4-8-13/h5-6,10H,1-4,7-9,15H2. The molecule has 2 rings (SSSR count). The minimum Gasteiger partial charge on any atom is -0.325 e. The maximum Gasteiger partial charge on any atom is 0.0422 e. The van der Waals surface area contributed by atoms with Crippen LogP contribution >= 0.6 is 15.9 Å². The predicted molar refractivity (Wildman–Crippen MR) is 70.3 cm³/mol. The Hall–Kier alpha value is -0.410. The second kappa shape index (κ2) is 5.28. The summed E-state index contributed by atoms with van der Waals surface area (Å²) in [6, 6.07) is 4.12. The zero-order valence-corrected chi connectivity index (χ0v) is 11.2. The van der Waals surface area contributed by atoms with Crippen LogP contribution in [0.3, 0.4) is 0 Å². The number of rotatable bonds is 2. The van der Waals surface area contributed by atoms with Crippen LogP contribution in [0.2, 0.25) is 0 Å². The summed E-state index contributed by atoms with van der Waals surface area (Å²) in [4.78, 5) is 4.42. The quantitative estimate of drug-likeness (QED) is 0.844. The van der Waals surface area contributed by atoms with Crippen LogP contribution in [0.15, 0.2) is 22.8 Å². The molecule has 0 saturated heterocycles. The van der Waals surface area contributed by atoms with Crippen LogP contribution in [0, 0.1) is 0 Å². The molecule has 1 heterocycles. The Kier molecular flexibility index (Phi) is 3.98. The van der Waals surface area contributed by atoms with Crippen molar-refractivity contribution in [1.82, 2.24) is 4.98 Å². The molecule has 0 amide bonds. The van der Waals surface area contributed by atoms with E-state index in [1.165, 1.54) is 25.7 Å². The number of aromatic nitrogens is 1. The van der Waals surface area contributed by atoms with Gasteiger partial charge >= 0.3 is 0 Å². The summed E-state index contributed by atoms with van der Waals surface area (Å²) in [7, 11) is 0. The highest BCUT2D eigenvalue weighted by atomic mass is 79.9. The van der Waals surface area contributed by atoms with E-state index in [-0.39, 0.29) is 5.54 Å². The van der Waals surface area contributed by atoms with Crippen LogP contribution < -0.4 is 5.73 Å². The molecule has 1 aliphatic rings. The molecule has 88 valence electrons. The lowest BCUT2D eigenvalue weighted by molar-refractivity contribution is 0.366. The minimum absolute atomic E-state index is 0.0165. The first-order chi connectivity index (χ1) is 7.68. The molecule has 0 radical (unpaired) electrons. The Labute approximate surface area is 106 Å². The second-order valence-electron chi connectivity index (χ2n) is 4.92. The van der Waals surface area contributed by atoms with Gasteiger partial charge in [0.15, 0.2) is 0 Å². The lowest BCUT2D eigenvalue weighted by Gasteiger charge is -2.27. The first kappa shape index (κ1) is 12.1. The topological polar surface area (TPSA) is 38.9 Å². The molecule has 1 saturated carbocycles. The van der Waals surface area contributed by atoms with Crippen molar-refractivity contribution in [3.05, 3.63) is 28.5 Å². The van der Waals surface area contributed by atoms with E-state index in [2.05, 4.69) is 27.0 Å². The average molecular weight is 283 g/mol. The third-order valence-corrected chi connectivity index (χ3v) is 3.89. The van der Waals surface area contributed by atoms with E-state index in [4.69, 9.17) is 5.73 Å². The zero-order valence-electron chi connectivity index (χ0n) is 9.58. The van der Waals surface area contributed by atoms with Crippen LogP contribution in [0.5, 0.6) is 0 Å². The molecular formula is C13H19BrN2. The Balaban J connectivity index is 2.04. The van der Waals surface area contributed by atoms with Gasteiger partial charge < -0.3 is 5.73 Å². The maximum absolute atomic E-state index is 6.48. The molecule has 1 aliphatic carbocycles. The van der Waals surface area contributed by atoms with Crippen LogP contribution in [-0.4, -0.2) is 10.5 Å². The molecule has 16 heavy (non-hydrogen) atoms. The number of hydrogen-bond acceptors (Lipinski definition) is 2. The first-order valence-corrected chi connectivity index (χ1v) is 6.87. The minimum atomic E-state index is -0.0165. The summed E-state index contributed by atoms with van der Waals surface area (Å²) < 4.78 is 1.03. The maximum atomic E-state index is 6.48. The van der Waals surface area contributed by atoms with Crippen molar-refractivity contribution in [2.75, 3.05) is 0 Å². The van der Waals surface area contributed by atoms with Crippen molar-refractivity contribution >= 4 is 15.9 Å². The molecule has 0 aliphatic heterocycles. The van der Waals surface area contributed by atoms with E-state index in [1.807, 2.05) is 12.3 Å². The van der Waals surface area contributed by atoms with Crippen LogP contribution in [0.25, 0.3) is 0 Å². The van der Waals surface area contributed by atoms with E-state index in [0.29, 0.717) is 0 Å². The molecule has 1 aromatic heterocycles. The number of nitrogens with zero attached hydrogens (tertiary/aromatic N) is 1. The first-order valence-electron chi connectivity index (χ1n) is 6.07. The molecule has 3 heteroatoms. The van der Waals surface area contributed by atoms with Gasteiger partial charge in [0.05, 0.1) is 0 Å². The zero-order chi connectivity index (χ0) is 11.4. The van der Waals surface area contributed by atoms with E-state index >= 15 is 0 Å². The van der Waals surface area contributed by atoms with E-state index < -0.39 is 0 Å². The molecule has 0 spiro atoms. The van der Waals surface area contributed by atoms with E-state index in [1.54, 1.807) is 0 Å². The third-order valence-electron chi connectivity index (χ3n) is 3.42. The Morgan fingerprint density at radius 2 is 1.88 bits per heavy atom. The van der Waals surface area contributed by atoms with Crippen molar-refractivity contribution in [2.45, 2.75) is 50.5 Å². The summed E-state index contributed by atoms with van der Waals surface area (Å²) >= 11 is 3.40. The average Bonchev–Trinajstić information content (AvgIpc) is 2.47. The summed E-state index contributed by atoms with van der Waals surface area (Å²) in [5, 5.41) is 0. The van der Waals surface area contributed by atoms with Gasteiger partial charge in [-0.3, -0.25) is 4.98 Å². The molecule has 2 nitrogen and oxygen atoms in total. The summed E-state index contributed by atoms with van der Waals surface area (Å²) in [6.07, 6.45) is 10.3. The van der Waals surface area contributed by atoms with Crippen LogP contribution in [-0.2, 0) is 6.42 Å². The van der Waals surface area contributed by atoms with Gasteiger partial charge in [0.1, 0.15) is 0 Å². The van der Waals surface area contributed by atoms with Gasteiger partial charge in [-0.25, -0.2) is 0 Å². The number of hydrogen-bond donors (Lipinski definition) is 1. The largest absolute Gasteiger partial charge is 0.325 e. The number of nitrogens with two attached hydrogens (primary N) is 1. The van der Waals surface area contributed by atoms with Gasteiger partial charge in [0.25, 0.3) is 0 Å². The van der Waals surface area contributed by atoms with Crippen molar-refractivity contribution in [3.8, 4) is 0 Å². The molecule has 2 N–H and O–H groups in total. The van der Waals surface area contributed by atoms with Gasteiger partial charge in [-0.2, -0.15) is 0 Å². The van der Waals surface area contributed by atoms with Crippen LogP contribution in [0.4, 0.5) is 0 Å². The van der Waals surface area contributed by atoms with Crippen molar-refractivity contribution < 1.29 is 0 Å². The fraction of sp³-hybridized carbons (Fsp3) is 0.615. The summed E-state index contributed by atoms with van der Waals surface area (Å²) in [5.41, 5.74) is 7.58. The van der Waals surface area contributed by atoms with Crippen molar-refractivity contribution in [1.29, 1.82) is 0 Å². The second-order valence-corrected chi connectivity index (χ2v) is 5.84. The van der Waals surface area contributed by atoms with E-state index in [9.17, 15) is 0 Å². The normalized spacial score (nSPS) is 20.4. The van der Waals surface area contributed by atoms with Gasteiger partial charge in [0, 0.05) is 28.3 Å². The van der Waals surface area contributed by atoms with Crippen molar-refractivity contribution in [3.63, 3.8) is 0 Å². The lowest BCUT2D eigenvalue weighted by atomic mass is 9.86.